The topological polar surface area (TPSA) is 12.0 Å². The van der Waals surface area contributed by atoms with E-state index in [1.165, 1.54) is 27.6 Å². The van der Waals surface area contributed by atoms with Crippen molar-refractivity contribution in [2.45, 2.75) is 45.4 Å². The first-order valence-electron chi connectivity index (χ1n) is 9.48. The highest BCUT2D eigenvalue weighted by molar-refractivity contribution is 5.91. The van der Waals surface area contributed by atoms with Crippen LogP contribution in [0.3, 0.4) is 0 Å². The normalized spacial score (nSPS) is 13.6. The first kappa shape index (κ1) is 17.5. The van der Waals surface area contributed by atoms with Crippen LogP contribution in [0.5, 0.6) is 0 Å². The number of anilines is 1. The highest BCUT2D eigenvalue weighted by Crippen LogP contribution is 2.41. The molecule has 25 heavy (non-hydrogen) atoms. The largest absolute Gasteiger partial charge is 0.385 e. The van der Waals surface area contributed by atoms with Gasteiger partial charge in [0.15, 0.2) is 0 Å². The van der Waals surface area contributed by atoms with E-state index in [0.717, 1.165) is 25.8 Å². The van der Waals surface area contributed by atoms with E-state index in [1.54, 1.807) is 0 Å². The molecular formula is C24H29N. The van der Waals surface area contributed by atoms with Crippen molar-refractivity contribution in [1.29, 1.82) is 0 Å². The van der Waals surface area contributed by atoms with E-state index < -0.39 is 0 Å². The van der Waals surface area contributed by atoms with Gasteiger partial charge >= 0.3 is 0 Å². The van der Waals surface area contributed by atoms with Gasteiger partial charge in [-0.05, 0) is 52.6 Å². The highest BCUT2D eigenvalue weighted by Gasteiger charge is 2.29. The Labute approximate surface area is 152 Å². The third-order valence-electron chi connectivity index (χ3n) is 5.32. The summed E-state index contributed by atoms with van der Waals surface area (Å²) < 4.78 is 0. The minimum Gasteiger partial charge on any atom is -0.385 e. The SMILES string of the molecule is CCCNc1ccc2ccccc2c1C(C)(CC)Cc1ccccc1. The van der Waals surface area contributed by atoms with Crippen LogP contribution in [0, 0.1) is 0 Å². The van der Waals surface area contributed by atoms with Crippen LogP contribution >= 0.6 is 0 Å². The van der Waals surface area contributed by atoms with Crippen molar-refractivity contribution in [3.8, 4) is 0 Å². The molecule has 0 heterocycles. The number of benzene rings is 3. The monoisotopic (exact) mass is 331 g/mol. The van der Waals surface area contributed by atoms with Gasteiger partial charge in [-0.1, -0.05) is 81.4 Å². The molecule has 1 N–H and O–H groups in total. The van der Waals surface area contributed by atoms with Gasteiger partial charge in [0.05, 0.1) is 0 Å². The first-order valence-corrected chi connectivity index (χ1v) is 9.48. The van der Waals surface area contributed by atoms with Gasteiger partial charge in [0, 0.05) is 12.2 Å². The van der Waals surface area contributed by atoms with E-state index in [2.05, 4.69) is 92.8 Å². The quantitative estimate of drug-likeness (QED) is 0.516. The van der Waals surface area contributed by atoms with Gasteiger partial charge in [-0.15, -0.1) is 0 Å². The van der Waals surface area contributed by atoms with E-state index in [1.807, 2.05) is 0 Å². The Morgan fingerprint density at radius 1 is 0.840 bits per heavy atom. The molecule has 1 nitrogen and oxygen atoms in total. The van der Waals surface area contributed by atoms with E-state index in [9.17, 15) is 0 Å². The molecule has 0 spiro atoms. The van der Waals surface area contributed by atoms with Crippen LogP contribution in [-0.4, -0.2) is 6.54 Å². The van der Waals surface area contributed by atoms with Crippen molar-refractivity contribution in [2.75, 3.05) is 11.9 Å². The molecule has 0 aromatic heterocycles. The van der Waals surface area contributed by atoms with Crippen LogP contribution in [0.2, 0.25) is 0 Å². The van der Waals surface area contributed by atoms with Crippen LogP contribution in [-0.2, 0) is 11.8 Å². The zero-order valence-electron chi connectivity index (χ0n) is 15.7. The summed E-state index contributed by atoms with van der Waals surface area (Å²) in [6.45, 7) is 7.96. The Kier molecular flexibility index (Phi) is 5.43. The third-order valence-corrected chi connectivity index (χ3v) is 5.32. The second-order valence-electron chi connectivity index (χ2n) is 7.21. The molecule has 3 aromatic rings. The van der Waals surface area contributed by atoms with Gasteiger partial charge in [0.2, 0.25) is 0 Å². The zero-order valence-corrected chi connectivity index (χ0v) is 15.7. The molecule has 0 aliphatic heterocycles. The fraction of sp³-hybridized carbons (Fsp3) is 0.333. The molecule has 3 aromatic carbocycles. The molecule has 0 fully saturated rings. The molecule has 0 saturated heterocycles. The number of hydrogen-bond donors (Lipinski definition) is 1. The van der Waals surface area contributed by atoms with E-state index in [4.69, 9.17) is 0 Å². The average Bonchev–Trinajstić information content (AvgIpc) is 2.66. The van der Waals surface area contributed by atoms with Crippen molar-refractivity contribution in [3.05, 3.63) is 77.9 Å². The summed E-state index contributed by atoms with van der Waals surface area (Å²) in [6, 6.07) is 24.2. The van der Waals surface area contributed by atoms with E-state index >= 15 is 0 Å². The molecule has 1 unspecified atom stereocenters. The summed E-state index contributed by atoms with van der Waals surface area (Å²) in [5.74, 6) is 0. The molecule has 1 heteroatoms. The Morgan fingerprint density at radius 2 is 1.56 bits per heavy atom. The Morgan fingerprint density at radius 3 is 2.28 bits per heavy atom. The van der Waals surface area contributed by atoms with Crippen molar-refractivity contribution >= 4 is 16.5 Å². The zero-order chi connectivity index (χ0) is 17.7. The number of hydrogen-bond acceptors (Lipinski definition) is 1. The Bertz CT molecular complexity index is 822. The molecule has 3 rings (SSSR count). The molecule has 0 amide bonds. The van der Waals surface area contributed by atoms with Crippen molar-refractivity contribution in [3.63, 3.8) is 0 Å². The third kappa shape index (κ3) is 3.71. The number of fused-ring (bicyclic) bond motifs is 1. The van der Waals surface area contributed by atoms with Gasteiger partial charge < -0.3 is 5.32 Å². The van der Waals surface area contributed by atoms with Crippen molar-refractivity contribution < 1.29 is 0 Å². The Hall–Kier alpha value is -2.28. The number of rotatable bonds is 7. The molecule has 1 atom stereocenters. The lowest BCUT2D eigenvalue weighted by molar-refractivity contribution is 0.457. The minimum atomic E-state index is 0.0955. The van der Waals surface area contributed by atoms with Crippen molar-refractivity contribution in [2.24, 2.45) is 0 Å². The maximum Gasteiger partial charge on any atom is 0.0384 e. The first-order chi connectivity index (χ1) is 12.2. The van der Waals surface area contributed by atoms with Crippen LogP contribution in [0.4, 0.5) is 5.69 Å². The molecular weight excluding hydrogens is 302 g/mol. The van der Waals surface area contributed by atoms with E-state index in [0.29, 0.717) is 0 Å². The summed E-state index contributed by atoms with van der Waals surface area (Å²) in [6.07, 6.45) is 3.30. The lowest BCUT2D eigenvalue weighted by atomic mass is 9.72. The maximum atomic E-state index is 3.68. The standard InChI is InChI=1S/C24H29N/c1-4-17-25-22-16-15-20-13-9-10-14-21(20)23(22)24(3,5-2)18-19-11-7-6-8-12-19/h6-16,25H,4-5,17-18H2,1-3H3. The molecule has 130 valence electrons. The lowest BCUT2D eigenvalue weighted by Crippen LogP contribution is -2.26. The van der Waals surface area contributed by atoms with Crippen LogP contribution in [0.15, 0.2) is 66.7 Å². The summed E-state index contributed by atoms with van der Waals surface area (Å²) in [5.41, 5.74) is 4.26. The van der Waals surface area contributed by atoms with Gasteiger partial charge in [-0.3, -0.25) is 0 Å². The minimum absolute atomic E-state index is 0.0955. The van der Waals surface area contributed by atoms with Gasteiger partial charge in [-0.25, -0.2) is 0 Å². The summed E-state index contributed by atoms with van der Waals surface area (Å²) in [5, 5.41) is 6.39. The summed E-state index contributed by atoms with van der Waals surface area (Å²) >= 11 is 0. The average molecular weight is 332 g/mol. The van der Waals surface area contributed by atoms with Gasteiger partial charge in [-0.2, -0.15) is 0 Å². The summed E-state index contributed by atoms with van der Waals surface area (Å²) in [4.78, 5) is 0. The molecule has 0 aliphatic rings. The van der Waals surface area contributed by atoms with Crippen LogP contribution in [0.25, 0.3) is 10.8 Å². The van der Waals surface area contributed by atoms with Crippen molar-refractivity contribution in [1.82, 2.24) is 0 Å². The predicted molar refractivity (Wildman–Crippen MR) is 111 cm³/mol. The van der Waals surface area contributed by atoms with Gasteiger partial charge in [0.1, 0.15) is 0 Å². The molecule has 0 radical (unpaired) electrons. The second kappa shape index (κ2) is 7.74. The fourth-order valence-electron chi connectivity index (χ4n) is 3.77. The fourth-order valence-corrected chi connectivity index (χ4v) is 3.77. The molecule has 0 bridgehead atoms. The van der Waals surface area contributed by atoms with Crippen LogP contribution in [0.1, 0.15) is 44.7 Å². The van der Waals surface area contributed by atoms with Gasteiger partial charge in [0.25, 0.3) is 0 Å². The predicted octanol–water partition coefficient (Wildman–Crippen LogP) is 6.57. The van der Waals surface area contributed by atoms with E-state index in [-0.39, 0.29) is 5.41 Å². The number of nitrogens with one attached hydrogen (secondary N) is 1. The smallest absolute Gasteiger partial charge is 0.0384 e. The Balaban J connectivity index is 2.15. The van der Waals surface area contributed by atoms with Crippen LogP contribution < -0.4 is 5.32 Å². The molecule has 0 aliphatic carbocycles. The molecule has 0 saturated carbocycles. The second-order valence-corrected chi connectivity index (χ2v) is 7.21. The lowest BCUT2D eigenvalue weighted by Gasteiger charge is -2.33. The summed E-state index contributed by atoms with van der Waals surface area (Å²) in [7, 11) is 0. The maximum absolute atomic E-state index is 3.68. The highest BCUT2D eigenvalue weighted by atomic mass is 14.9.